The summed E-state index contributed by atoms with van der Waals surface area (Å²) in [7, 11) is 3.00. The molecule has 2 aromatic rings. The third-order valence-corrected chi connectivity index (χ3v) is 4.91. The first-order valence-corrected chi connectivity index (χ1v) is 10.3. The molecular weight excluding hydrogens is 426 g/mol. The smallest absolute Gasteiger partial charge is 0.266 e. The maximum Gasteiger partial charge on any atom is 0.266 e. The average molecular weight is 451 g/mol. The van der Waals surface area contributed by atoms with Crippen LogP contribution in [0.5, 0.6) is 17.2 Å². The highest BCUT2D eigenvalue weighted by Crippen LogP contribution is 2.29. The topological polar surface area (TPSA) is 110 Å². The molecule has 0 spiro atoms. The van der Waals surface area contributed by atoms with Crippen molar-refractivity contribution in [2.45, 2.75) is 0 Å². The molecule has 1 fully saturated rings. The standard InChI is InChI=1S/C24H25N3O6/c1-30-20-5-3-4-19(14-20)26-24(29)18(15-25)12-17-6-7-21(22(13-17)31-2)33-16-23(28)27-8-10-32-11-9-27/h3-7,12-14H,8-11,16H2,1-2H3,(H,26,29)/b18-12+. The first-order valence-electron chi connectivity index (χ1n) is 10.3. The molecule has 1 saturated heterocycles. The first-order chi connectivity index (χ1) is 16.0. The molecule has 0 aliphatic carbocycles. The first kappa shape index (κ1) is 23.6. The highest BCUT2D eigenvalue weighted by molar-refractivity contribution is 6.09. The summed E-state index contributed by atoms with van der Waals surface area (Å²) >= 11 is 0. The second-order valence-electron chi connectivity index (χ2n) is 7.05. The predicted octanol–water partition coefficient (Wildman–Crippen LogP) is 2.49. The summed E-state index contributed by atoms with van der Waals surface area (Å²) in [5.74, 6) is 0.661. The van der Waals surface area contributed by atoms with E-state index < -0.39 is 5.91 Å². The molecule has 0 unspecified atom stereocenters. The lowest BCUT2D eigenvalue weighted by Gasteiger charge is -2.26. The number of nitrogens with zero attached hydrogens (tertiary/aromatic N) is 2. The summed E-state index contributed by atoms with van der Waals surface area (Å²) in [4.78, 5) is 26.5. The van der Waals surface area contributed by atoms with E-state index in [1.54, 1.807) is 47.4 Å². The van der Waals surface area contributed by atoms with Gasteiger partial charge in [-0.25, -0.2) is 0 Å². The molecule has 1 N–H and O–H groups in total. The quantitative estimate of drug-likeness (QED) is 0.485. The zero-order valence-electron chi connectivity index (χ0n) is 18.5. The number of amides is 2. The van der Waals surface area contributed by atoms with E-state index in [0.717, 1.165) is 0 Å². The number of nitriles is 1. The number of anilines is 1. The van der Waals surface area contributed by atoms with Crippen molar-refractivity contribution in [2.24, 2.45) is 0 Å². The van der Waals surface area contributed by atoms with Crippen LogP contribution >= 0.6 is 0 Å². The van der Waals surface area contributed by atoms with Gasteiger partial charge in [0.25, 0.3) is 11.8 Å². The summed E-state index contributed by atoms with van der Waals surface area (Å²) in [6.45, 7) is 1.99. The van der Waals surface area contributed by atoms with Gasteiger partial charge < -0.3 is 29.2 Å². The Labute approximate surface area is 192 Å². The molecule has 1 aliphatic rings. The van der Waals surface area contributed by atoms with Gasteiger partial charge in [0, 0.05) is 24.8 Å². The molecule has 1 heterocycles. The van der Waals surface area contributed by atoms with Crippen molar-refractivity contribution in [2.75, 3.05) is 52.4 Å². The Balaban J connectivity index is 1.69. The van der Waals surface area contributed by atoms with Crippen molar-refractivity contribution in [1.29, 1.82) is 5.26 Å². The van der Waals surface area contributed by atoms with Crippen LogP contribution < -0.4 is 19.5 Å². The molecular formula is C24H25N3O6. The normalized spacial score (nSPS) is 13.6. The predicted molar refractivity (Wildman–Crippen MR) is 121 cm³/mol. The van der Waals surface area contributed by atoms with E-state index >= 15 is 0 Å². The lowest BCUT2D eigenvalue weighted by molar-refractivity contribution is -0.137. The third-order valence-electron chi connectivity index (χ3n) is 4.91. The Morgan fingerprint density at radius 3 is 2.61 bits per heavy atom. The van der Waals surface area contributed by atoms with Crippen molar-refractivity contribution >= 4 is 23.6 Å². The molecule has 0 saturated carbocycles. The van der Waals surface area contributed by atoms with E-state index in [1.165, 1.54) is 20.3 Å². The fourth-order valence-electron chi connectivity index (χ4n) is 3.15. The van der Waals surface area contributed by atoms with Crippen LogP contribution in [0.3, 0.4) is 0 Å². The molecule has 2 aromatic carbocycles. The summed E-state index contributed by atoms with van der Waals surface area (Å²) in [6, 6.07) is 13.7. The zero-order valence-corrected chi connectivity index (χ0v) is 18.5. The van der Waals surface area contributed by atoms with Crippen molar-refractivity contribution in [3.05, 3.63) is 53.6 Å². The highest BCUT2D eigenvalue weighted by Gasteiger charge is 2.18. The second-order valence-corrected chi connectivity index (χ2v) is 7.05. The van der Waals surface area contributed by atoms with Crippen LogP contribution in [0.15, 0.2) is 48.0 Å². The zero-order chi connectivity index (χ0) is 23.6. The fraction of sp³-hybridized carbons (Fsp3) is 0.292. The fourth-order valence-corrected chi connectivity index (χ4v) is 3.15. The van der Waals surface area contributed by atoms with Gasteiger partial charge in [0.05, 0.1) is 27.4 Å². The second kappa shape index (κ2) is 11.5. The molecule has 9 heteroatoms. The van der Waals surface area contributed by atoms with Crippen LogP contribution in [0.1, 0.15) is 5.56 Å². The van der Waals surface area contributed by atoms with Crippen molar-refractivity contribution < 1.29 is 28.5 Å². The maximum absolute atomic E-state index is 12.5. The van der Waals surface area contributed by atoms with E-state index in [0.29, 0.717) is 54.8 Å². The number of nitrogens with one attached hydrogen (secondary N) is 1. The van der Waals surface area contributed by atoms with Gasteiger partial charge in [-0.15, -0.1) is 0 Å². The van der Waals surface area contributed by atoms with Gasteiger partial charge >= 0.3 is 0 Å². The van der Waals surface area contributed by atoms with Crippen LogP contribution in [0, 0.1) is 11.3 Å². The third kappa shape index (κ3) is 6.48. The Kier molecular flexibility index (Phi) is 8.27. The maximum atomic E-state index is 12.5. The number of carbonyl (C=O) groups excluding carboxylic acids is 2. The van der Waals surface area contributed by atoms with Crippen molar-refractivity contribution in [3.63, 3.8) is 0 Å². The molecule has 1 aliphatic heterocycles. The number of hydrogen-bond donors (Lipinski definition) is 1. The number of hydrogen-bond acceptors (Lipinski definition) is 7. The lowest BCUT2D eigenvalue weighted by atomic mass is 10.1. The lowest BCUT2D eigenvalue weighted by Crippen LogP contribution is -2.43. The summed E-state index contributed by atoms with van der Waals surface area (Å²) in [5.41, 5.74) is 0.985. The van der Waals surface area contributed by atoms with E-state index in [2.05, 4.69) is 5.32 Å². The number of ether oxygens (including phenoxy) is 4. The molecule has 3 rings (SSSR count). The Bertz CT molecular complexity index is 1070. The van der Waals surface area contributed by atoms with Gasteiger partial charge in [-0.05, 0) is 35.9 Å². The van der Waals surface area contributed by atoms with Gasteiger partial charge in [0.1, 0.15) is 17.4 Å². The average Bonchev–Trinajstić information content (AvgIpc) is 2.86. The summed E-state index contributed by atoms with van der Waals surface area (Å²) < 4.78 is 21.4. The molecule has 9 nitrogen and oxygen atoms in total. The molecule has 0 bridgehead atoms. The minimum Gasteiger partial charge on any atom is -0.497 e. The van der Waals surface area contributed by atoms with Crippen LogP contribution in [0.2, 0.25) is 0 Å². The number of rotatable bonds is 8. The molecule has 0 aromatic heterocycles. The summed E-state index contributed by atoms with van der Waals surface area (Å²) in [6.07, 6.45) is 1.45. The molecule has 0 radical (unpaired) electrons. The molecule has 172 valence electrons. The van der Waals surface area contributed by atoms with E-state index in [-0.39, 0.29) is 18.1 Å². The molecule has 33 heavy (non-hydrogen) atoms. The van der Waals surface area contributed by atoms with E-state index in [9.17, 15) is 14.9 Å². The number of methoxy groups -OCH3 is 2. The van der Waals surface area contributed by atoms with Crippen LogP contribution in [-0.4, -0.2) is 63.8 Å². The SMILES string of the molecule is COc1cccc(NC(=O)/C(C#N)=C/c2ccc(OCC(=O)N3CCOCC3)c(OC)c2)c1. The van der Waals surface area contributed by atoms with Gasteiger partial charge in [0.2, 0.25) is 0 Å². The van der Waals surface area contributed by atoms with Gasteiger partial charge in [-0.3, -0.25) is 9.59 Å². The highest BCUT2D eigenvalue weighted by atomic mass is 16.5. The Hall–Kier alpha value is -4.03. The van der Waals surface area contributed by atoms with E-state index in [1.807, 2.05) is 6.07 Å². The number of carbonyl (C=O) groups is 2. The minimum atomic E-state index is -0.554. The van der Waals surface area contributed by atoms with Crippen LogP contribution in [0.25, 0.3) is 6.08 Å². The minimum absolute atomic E-state index is 0.0870. The Morgan fingerprint density at radius 1 is 1.12 bits per heavy atom. The molecule has 2 amide bonds. The van der Waals surface area contributed by atoms with Gasteiger partial charge in [-0.2, -0.15) is 5.26 Å². The number of benzene rings is 2. The van der Waals surface area contributed by atoms with E-state index in [4.69, 9.17) is 18.9 Å². The molecule has 0 atom stereocenters. The summed E-state index contributed by atoms with van der Waals surface area (Å²) in [5, 5.41) is 12.2. The largest absolute Gasteiger partial charge is 0.497 e. The number of morpholine rings is 1. The van der Waals surface area contributed by atoms with Crippen LogP contribution in [0.4, 0.5) is 5.69 Å². The van der Waals surface area contributed by atoms with Crippen LogP contribution in [-0.2, 0) is 14.3 Å². The Morgan fingerprint density at radius 2 is 1.91 bits per heavy atom. The van der Waals surface area contributed by atoms with Crippen molar-refractivity contribution in [3.8, 4) is 23.3 Å². The van der Waals surface area contributed by atoms with Gasteiger partial charge in [0.15, 0.2) is 18.1 Å². The monoisotopic (exact) mass is 451 g/mol. The van der Waals surface area contributed by atoms with Crippen molar-refractivity contribution in [1.82, 2.24) is 4.90 Å². The van der Waals surface area contributed by atoms with Gasteiger partial charge in [-0.1, -0.05) is 12.1 Å².